The van der Waals surface area contributed by atoms with Crippen LogP contribution >= 0.6 is 31.9 Å². The number of nitrogens with zero attached hydrogens (tertiary/aromatic N) is 2. The average molecular weight is 392 g/mol. The zero-order valence-electron chi connectivity index (χ0n) is 10.2. The maximum Gasteiger partial charge on any atom is 0.212 e. The molecule has 20 heavy (non-hydrogen) atoms. The summed E-state index contributed by atoms with van der Waals surface area (Å²) in [5.74, 6) is -0.116. The number of carbonyl (C=O) groups is 1. The summed E-state index contributed by atoms with van der Waals surface area (Å²) in [6.45, 7) is 0. The van der Waals surface area contributed by atoms with Gasteiger partial charge in [-0.25, -0.2) is 0 Å². The third kappa shape index (κ3) is 2.51. The topological polar surface area (TPSA) is 42.9 Å². The fourth-order valence-corrected chi connectivity index (χ4v) is 3.10. The van der Waals surface area contributed by atoms with Crippen LogP contribution in [0.15, 0.2) is 57.7 Å². The maximum atomic E-state index is 12.5. The second-order valence-corrected chi connectivity index (χ2v) is 5.99. The van der Waals surface area contributed by atoms with Gasteiger partial charge in [-0.15, -0.1) is 0 Å². The van der Waals surface area contributed by atoms with Crippen LogP contribution in [0.1, 0.15) is 16.1 Å². The van der Waals surface area contributed by atoms with Crippen LogP contribution in [0.2, 0.25) is 0 Å². The molecule has 0 fully saturated rings. The summed E-state index contributed by atoms with van der Waals surface area (Å²) in [4.78, 5) is 20.9. The minimum absolute atomic E-state index is 0.116. The molecule has 1 aromatic carbocycles. The van der Waals surface area contributed by atoms with E-state index in [4.69, 9.17) is 0 Å². The molecule has 0 bridgehead atoms. The molecule has 0 unspecified atom stereocenters. The Balaban J connectivity index is 2.08. The fourth-order valence-electron chi connectivity index (χ4n) is 1.94. The fraction of sp³-hybridized carbons (Fsp3) is 0. The van der Waals surface area contributed by atoms with Gasteiger partial charge in [0.1, 0.15) is 5.69 Å². The van der Waals surface area contributed by atoms with E-state index in [1.807, 2.05) is 30.3 Å². The number of pyridine rings is 2. The van der Waals surface area contributed by atoms with Gasteiger partial charge < -0.3 is 0 Å². The van der Waals surface area contributed by atoms with E-state index in [0.29, 0.717) is 15.7 Å². The normalized spacial score (nSPS) is 10.7. The number of fused-ring (bicyclic) bond motifs is 1. The molecule has 3 rings (SSSR count). The van der Waals surface area contributed by atoms with Crippen LogP contribution in [0, 0.1) is 0 Å². The molecule has 0 amide bonds. The zero-order chi connectivity index (χ0) is 14.1. The van der Waals surface area contributed by atoms with Crippen molar-refractivity contribution >= 4 is 48.5 Å². The molecule has 5 heteroatoms. The molecule has 98 valence electrons. The van der Waals surface area contributed by atoms with E-state index in [-0.39, 0.29) is 5.78 Å². The Morgan fingerprint density at radius 2 is 1.90 bits per heavy atom. The van der Waals surface area contributed by atoms with Crippen LogP contribution in [0.5, 0.6) is 0 Å². The number of benzene rings is 1. The van der Waals surface area contributed by atoms with E-state index >= 15 is 0 Å². The quantitative estimate of drug-likeness (QED) is 0.608. The van der Waals surface area contributed by atoms with E-state index in [2.05, 4.69) is 41.8 Å². The van der Waals surface area contributed by atoms with Crippen molar-refractivity contribution in [3.05, 3.63) is 69.0 Å². The molecule has 0 spiro atoms. The minimum Gasteiger partial charge on any atom is -0.287 e. The summed E-state index contributed by atoms with van der Waals surface area (Å²) < 4.78 is 1.49. The van der Waals surface area contributed by atoms with Crippen molar-refractivity contribution in [3.8, 4) is 0 Å². The molecule has 3 aromatic rings. The highest BCUT2D eigenvalue weighted by Gasteiger charge is 2.15. The van der Waals surface area contributed by atoms with Crippen LogP contribution in [-0.4, -0.2) is 15.8 Å². The highest BCUT2D eigenvalue weighted by atomic mass is 79.9. The van der Waals surface area contributed by atoms with Gasteiger partial charge in [0.15, 0.2) is 0 Å². The lowest BCUT2D eigenvalue weighted by molar-refractivity contribution is 0.103. The summed E-state index contributed by atoms with van der Waals surface area (Å²) >= 11 is 6.69. The SMILES string of the molecule is O=C(c1ccc2ncccc2c1)c1ncc(Br)cc1Br. The van der Waals surface area contributed by atoms with E-state index in [1.54, 1.807) is 18.5 Å². The Morgan fingerprint density at radius 3 is 2.70 bits per heavy atom. The first-order valence-corrected chi connectivity index (χ1v) is 7.44. The second kappa shape index (κ2) is 5.42. The van der Waals surface area contributed by atoms with Crippen molar-refractivity contribution < 1.29 is 4.79 Å². The molecule has 2 heterocycles. The van der Waals surface area contributed by atoms with E-state index in [1.165, 1.54) is 0 Å². The Kier molecular flexibility index (Phi) is 3.63. The largest absolute Gasteiger partial charge is 0.287 e. The van der Waals surface area contributed by atoms with Crippen molar-refractivity contribution in [3.63, 3.8) is 0 Å². The third-order valence-electron chi connectivity index (χ3n) is 2.89. The predicted molar refractivity (Wildman–Crippen MR) is 84.8 cm³/mol. The number of halogens is 2. The number of aromatic nitrogens is 2. The van der Waals surface area contributed by atoms with Crippen LogP contribution < -0.4 is 0 Å². The van der Waals surface area contributed by atoms with Gasteiger partial charge in [0.05, 0.1) is 5.52 Å². The number of carbonyl (C=O) groups excluding carboxylic acids is 1. The molecule has 0 saturated heterocycles. The summed E-state index contributed by atoms with van der Waals surface area (Å²) in [5, 5.41) is 0.937. The first-order valence-electron chi connectivity index (χ1n) is 5.86. The lowest BCUT2D eigenvalue weighted by atomic mass is 10.1. The summed E-state index contributed by atoms with van der Waals surface area (Å²) in [5.41, 5.74) is 1.87. The van der Waals surface area contributed by atoms with E-state index in [9.17, 15) is 4.79 Å². The predicted octanol–water partition coefficient (Wildman–Crippen LogP) is 4.39. The van der Waals surface area contributed by atoms with Gasteiger partial charge in [-0.1, -0.05) is 6.07 Å². The zero-order valence-corrected chi connectivity index (χ0v) is 13.3. The molecule has 0 N–H and O–H groups in total. The van der Waals surface area contributed by atoms with Gasteiger partial charge in [0.2, 0.25) is 5.78 Å². The highest BCUT2D eigenvalue weighted by molar-refractivity contribution is 9.11. The molecule has 3 nitrogen and oxygen atoms in total. The number of hydrogen-bond donors (Lipinski definition) is 0. The van der Waals surface area contributed by atoms with Crippen molar-refractivity contribution in [2.75, 3.05) is 0 Å². The molecule has 0 radical (unpaired) electrons. The van der Waals surface area contributed by atoms with E-state index < -0.39 is 0 Å². The first-order chi connectivity index (χ1) is 9.65. The first kappa shape index (κ1) is 13.4. The van der Waals surface area contributed by atoms with Gasteiger partial charge in [-0.3, -0.25) is 14.8 Å². The Labute approximate surface area is 132 Å². The van der Waals surface area contributed by atoms with Gasteiger partial charge in [0, 0.05) is 32.3 Å². The van der Waals surface area contributed by atoms with E-state index in [0.717, 1.165) is 15.4 Å². The molecule has 2 aromatic heterocycles. The van der Waals surface area contributed by atoms with Crippen molar-refractivity contribution in [1.29, 1.82) is 0 Å². The molecule has 0 saturated carbocycles. The Bertz CT molecular complexity index is 818. The average Bonchev–Trinajstić information content (AvgIpc) is 2.46. The molecule has 0 aliphatic rings. The Hall–Kier alpha value is -1.59. The third-order valence-corrected chi connectivity index (χ3v) is 3.93. The Morgan fingerprint density at radius 1 is 1.05 bits per heavy atom. The second-order valence-electron chi connectivity index (χ2n) is 4.22. The molecule has 0 aliphatic heterocycles. The summed E-state index contributed by atoms with van der Waals surface area (Å²) in [7, 11) is 0. The van der Waals surface area contributed by atoms with Gasteiger partial charge in [-0.2, -0.15) is 0 Å². The standard InChI is InChI=1S/C15H8Br2N2O/c16-11-7-12(17)14(19-8-11)15(20)10-3-4-13-9(6-10)2-1-5-18-13/h1-8H. The summed E-state index contributed by atoms with van der Waals surface area (Å²) in [6.07, 6.45) is 3.34. The van der Waals surface area contributed by atoms with Crippen molar-refractivity contribution in [2.45, 2.75) is 0 Å². The molecular weight excluding hydrogens is 384 g/mol. The van der Waals surface area contributed by atoms with Gasteiger partial charge >= 0.3 is 0 Å². The maximum absolute atomic E-state index is 12.5. The monoisotopic (exact) mass is 390 g/mol. The van der Waals surface area contributed by atoms with Crippen molar-refractivity contribution in [1.82, 2.24) is 9.97 Å². The van der Waals surface area contributed by atoms with Gasteiger partial charge in [-0.05, 0) is 62.2 Å². The molecule has 0 aliphatic carbocycles. The van der Waals surface area contributed by atoms with Crippen molar-refractivity contribution in [2.24, 2.45) is 0 Å². The lowest BCUT2D eigenvalue weighted by Gasteiger charge is -2.04. The summed E-state index contributed by atoms with van der Waals surface area (Å²) in [6, 6.07) is 11.0. The van der Waals surface area contributed by atoms with Crippen LogP contribution in [0.4, 0.5) is 0 Å². The van der Waals surface area contributed by atoms with Crippen LogP contribution in [0.3, 0.4) is 0 Å². The van der Waals surface area contributed by atoms with Crippen LogP contribution in [0.25, 0.3) is 10.9 Å². The molecule has 0 atom stereocenters. The number of ketones is 1. The minimum atomic E-state index is -0.116. The van der Waals surface area contributed by atoms with Gasteiger partial charge in [0.25, 0.3) is 0 Å². The van der Waals surface area contributed by atoms with Crippen LogP contribution in [-0.2, 0) is 0 Å². The highest BCUT2D eigenvalue weighted by Crippen LogP contribution is 2.23. The lowest BCUT2D eigenvalue weighted by Crippen LogP contribution is -2.05. The smallest absolute Gasteiger partial charge is 0.212 e. The number of rotatable bonds is 2. The number of hydrogen-bond acceptors (Lipinski definition) is 3. The molecular formula is C15H8Br2N2O.